The number of benzene rings is 2. The topological polar surface area (TPSA) is 99.9 Å². The molecule has 0 unspecified atom stereocenters. The highest BCUT2D eigenvalue weighted by atomic mass is 16.5. The Morgan fingerprint density at radius 1 is 0.967 bits per heavy atom. The van der Waals surface area contributed by atoms with E-state index in [1.54, 1.807) is 12.1 Å². The zero-order valence-electron chi connectivity index (χ0n) is 18.4. The van der Waals surface area contributed by atoms with Gasteiger partial charge in [0.15, 0.2) is 18.1 Å². The van der Waals surface area contributed by atoms with E-state index >= 15 is 0 Å². The Kier molecular flexibility index (Phi) is 7.69. The first-order valence-corrected chi connectivity index (χ1v) is 9.80. The highest BCUT2D eigenvalue weighted by Gasteiger charge is 2.21. The predicted molar refractivity (Wildman–Crippen MR) is 117 cm³/mol. The van der Waals surface area contributed by atoms with Crippen LogP contribution in [0.3, 0.4) is 0 Å². The highest BCUT2D eigenvalue weighted by molar-refractivity contribution is 6.06. The number of nitrogens with one attached hydrogen (secondary N) is 1. The molecule has 0 atom stereocenters. The molecule has 0 aliphatic carbocycles. The monoisotopic (exact) mass is 414 g/mol. The van der Waals surface area contributed by atoms with Crippen LogP contribution < -0.4 is 25.3 Å². The number of rotatable bonds is 9. The fraction of sp³-hybridized carbons (Fsp3) is 0.391. The molecule has 0 fully saturated rings. The van der Waals surface area contributed by atoms with Crippen LogP contribution in [0.25, 0.3) is 0 Å². The van der Waals surface area contributed by atoms with Crippen molar-refractivity contribution in [1.29, 1.82) is 0 Å². The Labute approximate surface area is 177 Å². The number of nitrogens with two attached hydrogens (primary N) is 1. The number of carbonyl (C=O) groups excluding carboxylic acids is 2. The van der Waals surface area contributed by atoms with Crippen molar-refractivity contribution in [3.63, 3.8) is 0 Å². The second-order valence-electron chi connectivity index (χ2n) is 7.54. The summed E-state index contributed by atoms with van der Waals surface area (Å²) in [6, 6.07) is 9.14. The number of primary amides is 1. The normalized spacial score (nSPS) is 10.8. The minimum atomic E-state index is -0.632. The molecule has 7 nitrogen and oxygen atoms in total. The first kappa shape index (κ1) is 23.1. The van der Waals surface area contributed by atoms with E-state index in [9.17, 15) is 9.59 Å². The largest absolute Gasteiger partial charge is 0.493 e. The summed E-state index contributed by atoms with van der Waals surface area (Å²) >= 11 is 0. The van der Waals surface area contributed by atoms with E-state index < -0.39 is 5.91 Å². The number of hydrogen-bond donors (Lipinski definition) is 2. The Morgan fingerprint density at radius 3 is 1.87 bits per heavy atom. The fourth-order valence-corrected chi connectivity index (χ4v) is 3.18. The third-order valence-corrected chi connectivity index (χ3v) is 4.69. The molecule has 0 aliphatic rings. The van der Waals surface area contributed by atoms with Crippen LogP contribution in [0.5, 0.6) is 17.2 Å². The lowest BCUT2D eigenvalue weighted by Gasteiger charge is -2.21. The second kappa shape index (κ2) is 10.0. The van der Waals surface area contributed by atoms with E-state index in [1.807, 2.05) is 18.2 Å². The maximum atomic E-state index is 13.1. The summed E-state index contributed by atoms with van der Waals surface area (Å²) in [6.07, 6.45) is 0. The average molecular weight is 415 g/mol. The molecular weight excluding hydrogens is 384 g/mol. The van der Waals surface area contributed by atoms with Crippen molar-refractivity contribution in [2.45, 2.75) is 39.5 Å². The number of amides is 2. The van der Waals surface area contributed by atoms with Gasteiger partial charge in [-0.25, -0.2) is 0 Å². The third-order valence-electron chi connectivity index (χ3n) is 4.69. The molecule has 0 radical (unpaired) electrons. The molecule has 7 heteroatoms. The molecule has 0 spiro atoms. The Hall–Kier alpha value is -3.22. The van der Waals surface area contributed by atoms with Crippen molar-refractivity contribution in [1.82, 2.24) is 0 Å². The van der Waals surface area contributed by atoms with Gasteiger partial charge in [-0.1, -0.05) is 45.9 Å². The maximum absolute atomic E-state index is 13.1. The van der Waals surface area contributed by atoms with Gasteiger partial charge in [-0.05, 0) is 35.1 Å². The second-order valence-corrected chi connectivity index (χ2v) is 7.54. The Bertz CT molecular complexity index is 871. The van der Waals surface area contributed by atoms with Crippen LogP contribution in [-0.2, 0) is 4.79 Å². The minimum absolute atomic E-state index is 0.209. The van der Waals surface area contributed by atoms with Crippen molar-refractivity contribution in [3.8, 4) is 17.2 Å². The number of hydrogen-bond acceptors (Lipinski definition) is 5. The van der Waals surface area contributed by atoms with Crippen LogP contribution in [0, 0.1) is 0 Å². The van der Waals surface area contributed by atoms with Crippen LogP contribution in [0.15, 0.2) is 30.3 Å². The summed E-state index contributed by atoms with van der Waals surface area (Å²) in [7, 11) is 2.89. The van der Waals surface area contributed by atoms with Crippen molar-refractivity contribution in [2.24, 2.45) is 5.73 Å². The molecule has 30 heavy (non-hydrogen) atoms. The van der Waals surface area contributed by atoms with E-state index in [2.05, 4.69) is 33.0 Å². The van der Waals surface area contributed by atoms with E-state index in [-0.39, 0.29) is 41.6 Å². The van der Waals surface area contributed by atoms with Crippen molar-refractivity contribution < 1.29 is 23.8 Å². The molecule has 2 aromatic rings. The first-order chi connectivity index (χ1) is 14.2. The summed E-state index contributed by atoms with van der Waals surface area (Å²) in [6.45, 7) is 8.02. The molecule has 0 heterocycles. The number of anilines is 1. The summed E-state index contributed by atoms with van der Waals surface area (Å²) in [5.41, 5.74) is 8.44. The van der Waals surface area contributed by atoms with Crippen LogP contribution >= 0.6 is 0 Å². The van der Waals surface area contributed by atoms with Gasteiger partial charge in [-0.15, -0.1) is 0 Å². The van der Waals surface area contributed by atoms with Crippen molar-refractivity contribution >= 4 is 17.5 Å². The quantitative estimate of drug-likeness (QED) is 0.644. The van der Waals surface area contributed by atoms with Crippen molar-refractivity contribution in [3.05, 3.63) is 47.0 Å². The number of carbonyl (C=O) groups is 2. The van der Waals surface area contributed by atoms with Crippen LogP contribution in [0.1, 0.15) is 61.0 Å². The lowest BCUT2D eigenvalue weighted by Crippen LogP contribution is -2.21. The molecule has 2 aromatic carbocycles. The lowest BCUT2D eigenvalue weighted by molar-refractivity contribution is -0.120. The van der Waals surface area contributed by atoms with Gasteiger partial charge >= 0.3 is 0 Å². The third kappa shape index (κ3) is 5.23. The van der Waals surface area contributed by atoms with Gasteiger partial charge in [-0.2, -0.15) is 0 Å². The molecule has 0 saturated heterocycles. The SMILES string of the molecule is COc1cc(C(=O)Nc2c(C(C)C)cccc2C(C)C)cc(OC)c1OCC(N)=O. The maximum Gasteiger partial charge on any atom is 0.255 e. The van der Waals surface area contributed by atoms with Crippen LogP contribution in [0.2, 0.25) is 0 Å². The number of methoxy groups -OCH3 is 2. The summed E-state index contributed by atoms with van der Waals surface area (Å²) < 4.78 is 16.1. The Balaban J connectivity index is 2.46. The molecule has 0 bridgehead atoms. The van der Waals surface area contributed by atoms with Crippen LogP contribution in [-0.4, -0.2) is 32.6 Å². The molecule has 0 saturated carbocycles. The van der Waals surface area contributed by atoms with Crippen LogP contribution in [0.4, 0.5) is 5.69 Å². The van der Waals surface area contributed by atoms with E-state index in [4.69, 9.17) is 19.9 Å². The van der Waals surface area contributed by atoms with E-state index in [1.165, 1.54) is 14.2 Å². The summed E-state index contributed by atoms with van der Waals surface area (Å²) in [4.78, 5) is 24.2. The fourth-order valence-electron chi connectivity index (χ4n) is 3.18. The van der Waals surface area contributed by atoms with E-state index in [0.29, 0.717) is 5.56 Å². The predicted octanol–water partition coefficient (Wildman–Crippen LogP) is 4.07. The minimum Gasteiger partial charge on any atom is -0.493 e. The van der Waals surface area contributed by atoms with Gasteiger partial charge in [0.05, 0.1) is 14.2 Å². The molecule has 3 N–H and O–H groups in total. The number of ether oxygens (including phenoxy) is 3. The van der Waals surface area contributed by atoms with Gasteiger partial charge in [0.1, 0.15) is 0 Å². The first-order valence-electron chi connectivity index (χ1n) is 9.80. The van der Waals surface area contributed by atoms with Gasteiger partial charge in [0.25, 0.3) is 11.8 Å². The van der Waals surface area contributed by atoms with Gasteiger partial charge in [0.2, 0.25) is 5.75 Å². The summed E-state index contributed by atoms with van der Waals surface area (Å²) in [5, 5.41) is 3.07. The Morgan fingerprint density at radius 2 is 1.47 bits per heavy atom. The van der Waals surface area contributed by atoms with Crippen molar-refractivity contribution in [2.75, 3.05) is 26.1 Å². The zero-order valence-corrected chi connectivity index (χ0v) is 18.4. The van der Waals surface area contributed by atoms with Gasteiger partial charge < -0.3 is 25.3 Å². The molecule has 162 valence electrons. The smallest absolute Gasteiger partial charge is 0.255 e. The molecule has 0 aromatic heterocycles. The standard InChI is InChI=1S/C23H30N2O5/c1-13(2)16-8-7-9-17(14(3)4)21(16)25-23(27)15-10-18(28-5)22(19(11-15)29-6)30-12-20(24)26/h7-11,13-14H,12H2,1-6H3,(H2,24,26)(H,25,27). The van der Waals surface area contributed by atoms with Gasteiger partial charge in [-0.3, -0.25) is 9.59 Å². The molecule has 2 rings (SSSR count). The zero-order chi connectivity index (χ0) is 22.4. The van der Waals surface area contributed by atoms with Gasteiger partial charge in [0, 0.05) is 11.3 Å². The molecule has 2 amide bonds. The number of para-hydroxylation sites is 1. The summed E-state index contributed by atoms with van der Waals surface area (Å²) in [5.74, 6) is 0.292. The molecular formula is C23H30N2O5. The highest BCUT2D eigenvalue weighted by Crippen LogP contribution is 2.39. The van der Waals surface area contributed by atoms with E-state index in [0.717, 1.165) is 16.8 Å². The average Bonchev–Trinajstić information content (AvgIpc) is 2.70. The molecule has 0 aliphatic heterocycles. The lowest BCUT2D eigenvalue weighted by atomic mass is 9.92.